The fraction of sp³-hybridized carbons (Fsp3) is 0.600. The van der Waals surface area contributed by atoms with Crippen LogP contribution in [0.25, 0.3) is 0 Å². The number of halogens is 1. The molecular weight excluding hydrogens is 246 g/mol. The van der Waals surface area contributed by atoms with E-state index in [4.69, 9.17) is 0 Å². The zero-order chi connectivity index (χ0) is 10.7. The van der Waals surface area contributed by atoms with Crippen LogP contribution in [0.4, 0.5) is 0 Å². The Balaban J connectivity index is 0.00000128. The monoisotopic (exact) mass is 261 g/mol. The maximum Gasteiger partial charge on any atom is 0.237 e. The van der Waals surface area contributed by atoms with Crippen molar-refractivity contribution in [3.05, 3.63) is 16.1 Å². The maximum absolute atomic E-state index is 11.6. The second kappa shape index (κ2) is 6.18. The minimum atomic E-state index is 0. The third-order valence-electron chi connectivity index (χ3n) is 2.49. The lowest BCUT2D eigenvalue weighted by atomic mass is 10.2. The molecule has 1 aromatic heterocycles. The molecule has 0 aromatic carbocycles. The third kappa shape index (κ3) is 3.43. The fourth-order valence-electron chi connectivity index (χ4n) is 1.70. The van der Waals surface area contributed by atoms with Crippen LogP contribution >= 0.6 is 23.7 Å². The first-order chi connectivity index (χ1) is 7.25. The second-order valence-corrected chi connectivity index (χ2v) is 4.79. The van der Waals surface area contributed by atoms with Gasteiger partial charge >= 0.3 is 0 Å². The number of hydrogen-bond acceptors (Lipinski definition) is 4. The van der Waals surface area contributed by atoms with Gasteiger partial charge in [-0.15, -0.1) is 23.7 Å². The molecule has 2 rings (SSSR count). The molecule has 1 fully saturated rings. The number of carbonyl (C=O) groups is 1. The predicted octanol–water partition coefficient (Wildman–Crippen LogP) is 1.24. The minimum Gasteiger partial charge on any atom is -0.349 e. The van der Waals surface area contributed by atoms with Crippen LogP contribution in [0.2, 0.25) is 0 Å². The van der Waals surface area contributed by atoms with Gasteiger partial charge in [0, 0.05) is 5.38 Å². The molecule has 1 aliphatic heterocycles. The van der Waals surface area contributed by atoms with Crippen LogP contribution in [0.5, 0.6) is 0 Å². The van der Waals surface area contributed by atoms with Gasteiger partial charge in [-0.25, -0.2) is 4.98 Å². The van der Waals surface area contributed by atoms with Gasteiger partial charge in [0.25, 0.3) is 0 Å². The van der Waals surface area contributed by atoms with Crippen LogP contribution in [-0.2, 0) is 11.3 Å². The number of aromatic nitrogens is 1. The summed E-state index contributed by atoms with van der Waals surface area (Å²) in [5.74, 6) is 0.0955. The van der Waals surface area contributed by atoms with Crippen molar-refractivity contribution >= 4 is 29.7 Å². The Morgan fingerprint density at radius 3 is 3.12 bits per heavy atom. The van der Waals surface area contributed by atoms with Crippen LogP contribution in [0.1, 0.15) is 23.5 Å². The van der Waals surface area contributed by atoms with Gasteiger partial charge in [-0.3, -0.25) is 4.79 Å². The van der Waals surface area contributed by atoms with E-state index in [1.165, 1.54) is 0 Å². The van der Waals surface area contributed by atoms with E-state index in [-0.39, 0.29) is 24.4 Å². The van der Waals surface area contributed by atoms with Crippen molar-refractivity contribution in [1.29, 1.82) is 0 Å². The largest absolute Gasteiger partial charge is 0.349 e. The first-order valence-electron chi connectivity index (χ1n) is 5.18. The summed E-state index contributed by atoms with van der Waals surface area (Å²) in [4.78, 5) is 15.9. The van der Waals surface area contributed by atoms with E-state index < -0.39 is 0 Å². The molecule has 90 valence electrons. The Hall–Kier alpha value is -0.650. The average molecular weight is 262 g/mol. The topological polar surface area (TPSA) is 54.0 Å². The summed E-state index contributed by atoms with van der Waals surface area (Å²) in [6.07, 6.45) is 2.04. The summed E-state index contributed by atoms with van der Waals surface area (Å²) >= 11 is 1.61. The Kier molecular flexibility index (Phi) is 5.18. The first-order valence-corrected chi connectivity index (χ1v) is 6.06. The number of nitrogens with one attached hydrogen (secondary N) is 2. The van der Waals surface area contributed by atoms with Crippen molar-refractivity contribution in [3.63, 3.8) is 0 Å². The highest BCUT2D eigenvalue weighted by Crippen LogP contribution is 2.08. The smallest absolute Gasteiger partial charge is 0.237 e. The SMILES string of the molecule is Cc1nc(CNC(=O)[C@@H]2CCCN2)cs1.Cl. The first kappa shape index (κ1) is 13.4. The number of hydrogen-bond donors (Lipinski definition) is 2. The fourth-order valence-corrected chi connectivity index (χ4v) is 2.31. The summed E-state index contributed by atoms with van der Waals surface area (Å²) in [6.45, 7) is 3.46. The quantitative estimate of drug-likeness (QED) is 0.861. The van der Waals surface area contributed by atoms with E-state index in [1.807, 2.05) is 12.3 Å². The van der Waals surface area contributed by atoms with E-state index in [0.29, 0.717) is 6.54 Å². The number of carbonyl (C=O) groups excluding carboxylic acids is 1. The van der Waals surface area contributed by atoms with Gasteiger partial charge in [-0.2, -0.15) is 0 Å². The highest BCUT2D eigenvalue weighted by molar-refractivity contribution is 7.09. The number of nitrogens with zero attached hydrogens (tertiary/aromatic N) is 1. The molecule has 16 heavy (non-hydrogen) atoms. The third-order valence-corrected chi connectivity index (χ3v) is 3.31. The predicted molar refractivity (Wildman–Crippen MR) is 67.0 cm³/mol. The molecule has 1 aromatic rings. The molecule has 0 bridgehead atoms. The summed E-state index contributed by atoms with van der Waals surface area (Å²) in [5, 5.41) is 9.09. The van der Waals surface area contributed by atoms with Crippen molar-refractivity contribution in [1.82, 2.24) is 15.6 Å². The molecule has 4 nitrogen and oxygen atoms in total. The van der Waals surface area contributed by atoms with Gasteiger partial charge in [0.15, 0.2) is 0 Å². The normalized spacial score (nSPS) is 19.2. The van der Waals surface area contributed by atoms with E-state index in [9.17, 15) is 4.79 Å². The van der Waals surface area contributed by atoms with Gasteiger partial charge in [-0.1, -0.05) is 0 Å². The van der Waals surface area contributed by atoms with Crippen LogP contribution in [0, 0.1) is 6.92 Å². The van der Waals surface area contributed by atoms with Crippen molar-refractivity contribution in [2.75, 3.05) is 6.54 Å². The molecule has 0 aliphatic carbocycles. The van der Waals surface area contributed by atoms with Crippen LogP contribution in [-0.4, -0.2) is 23.5 Å². The molecule has 2 heterocycles. The summed E-state index contributed by atoms with van der Waals surface area (Å²) in [5.41, 5.74) is 0.948. The van der Waals surface area contributed by atoms with Crippen molar-refractivity contribution in [2.45, 2.75) is 32.4 Å². The van der Waals surface area contributed by atoms with Crippen LogP contribution in [0.3, 0.4) is 0 Å². The summed E-state index contributed by atoms with van der Waals surface area (Å²) in [6, 6.07) is 0.00438. The van der Waals surface area contributed by atoms with Gasteiger partial charge in [-0.05, 0) is 26.3 Å². The van der Waals surface area contributed by atoms with Gasteiger partial charge in [0.2, 0.25) is 5.91 Å². The van der Waals surface area contributed by atoms with Gasteiger partial charge in [0.05, 0.1) is 23.3 Å². The number of rotatable bonds is 3. The Bertz CT molecular complexity index is 350. The molecule has 0 saturated carbocycles. The van der Waals surface area contributed by atoms with Crippen molar-refractivity contribution < 1.29 is 4.79 Å². The number of thiazole rings is 1. The second-order valence-electron chi connectivity index (χ2n) is 3.72. The van der Waals surface area contributed by atoms with Gasteiger partial charge in [0.1, 0.15) is 0 Å². The van der Waals surface area contributed by atoms with Crippen LogP contribution in [0.15, 0.2) is 5.38 Å². The van der Waals surface area contributed by atoms with Gasteiger partial charge < -0.3 is 10.6 Å². The maximum atomic E-state index is 11.6. The molecule has 2 N–H and O–H groups in total. The highest BCUT2D eigenvalue weighted by Gasteiger charge is 2.21. The lowest BCUT2D eigenvalue weighted by molar-refractivity contribution is -0.122. The molecule has 0 spiro atoms. The molecule has 1 aliphatic rings. The molecule has 1 saturated heterocycles. The Morgan fingerprint density at radius 1 is 1.75 bits per heavy atom. The Morgan fingerprint density at radius 2 is 2.56 bits per heavy atom. The number of aryl methyl sites for hydroxylation is 1. The average Bonchev–Trinajstić information content (AvgIpc) is 2.84. The zero-order valence-electron chi connectivity index (χ0n) is 9.16. The van der Waals surface area contributed by atoms with E-state index in [2.05, 4.69) is 15.6 Å². The van der Waals surface area contributed by atoms with E-state index in [0.717, 1.165) is 30.1 Å². The molecule has 0 radical (unpaired) electrons. The molecule has 1 atom stereocenters. The molecular formula is C10H16ClN3OS. The van der Waals surface area contributed by atoms with E-state index in [1.54, 1.807) is 11.3 Å². The van der Waals surface area contributed by atoms with E-state index >= 15 is 0 Å². The number of amides is 1. The molecule has 6 heteroatoms. The van der Waals surface area contributed by atoms with Crippen LogP contribution < -0.4 is 10.6 Å². The molecule has 1 amide bonds. The lowest BCUT2D eigenvalue weighted by Crippen LogP contribution is -2.40. The van der Waals surface area contributed by atoms with Crippen molar-refractivity contribution in [2.24, 2.45) is 0 Å². The summed E-state index contributed by atoms with van der Waals surface area (Å²) < 4.78 is 0. The Labute approximate surface area is 105 Å². The minimum absolute atomic E-state index is 0. The standard InChI is InChI=1S/C10H15N3OS.ClH/c1-7-13-8(6-15-7)5-12-10(14)9-3-2-4-11-9;/h6,9,11H,2-5H2,1H3,(H,12,14);1H/t9-;/m0./s1. The lowest BCUT2D eigenvalue weighted by Gasteiger charge is -2.09. The summed E-state index contributed by atoms with van der Waals surface area (Å²) in [7, 11) is 0. The molecule has 0 unspecified atom stereocenters. The van der Waals surface area contributed by atoms with Crippen molar-refractivity contribution in [3.8, 4) is 0 Å². The zero-order valence-corrected chi connectivity index (χ0v) is 10.8. The highest BCUT2D eigenvalue weighted by atomic mass is 35.5.